The predicted molar refractivity (Wildman–Crippen MR) is 107 cm³/mol. The summed E-state index contributed by atoms with van der Waals surface area (Å²) in [5.41, 5.74) is 3.91. The van der Waals surface area contributed by atoms with Gasteiger partial charge in [0.25, 0.3) is 0 Å². The summed E-state index contributed by atoms with van der Waals surface area (Å²) in [6.45, 7) is 4.44. The Labute approximate surface area is 153 Å². The van der Waals surface area contributed by atoms with Gasteiger partial charge in [0.1, 0.15) is 0 Å². The quantitative estimate of drug-likeness (QED) is 0.553. The molecule has 1 aliphatic rings. The second-order valence-corrected chi connectivity index (χ2v) is 7.44. The zero-order chi connectivity index (χ0) is 17.5. The number of hydrogen-bond acceptors (Lipinski definition) is 1. The van der Waals surface area contributed by atoms with Crippen LogP contribution < -0.4 is 0 Å². The van der Waals surface area contributed by atoms with Crippen molar-refractivity contribution in [1.29, 1.82) is 0 Å². The predicted octanol–water partition coefficient (Wildman–Crippen LogP) is 6.58. The van der Waals surface area contributed by atoms with E-state index in [1.54, 1.807) is 0 Å². The van der Waals surface area contributed by atoms with Crippen LogP contribution in [0.4, 0.5) is 0 Å². The normalized spacial score (nSPS) is 15.3. The standard InChI is InChI=1S/C24H31N/c1-20(18-19-21-12-6-3-7-13-21)25(2)24(22-14-8-4-9-15-22)23-16-10-5-11-17-23/h4-5,8-11,14-17,21,24H,1,3,6-7,12-13,18-19H2,2H3. The lowest BCUT2D eigenvalue weighted by Gasteiger charge is -2.33. The molecular weight excluding hydrogens is 302 g/mol. The van der Waals surface area contributed by atoms with Crippen molar-refractivity contribution in [3.05, 3.63) is 84.1 Å². The monoisotopic (exact) mass is 333 g/mol. The summed E-state index contributed by atoms with van der Waals surface area (Å²) >= 11 is 0. The third-order valence-electron chi connectivity index (χ3n) is 5.68. The van der Waals surface area contributed by atoms with Crippen LogP contribution in [0, 0.1) is 5.92 Å². The first-order chi connectivity index (χ1) is 12.3. The van der Waals surface area contributed by atoms with Crippen molar-refractivity contribution in [2.24, 2.45) is 5.92 Å². The molecule has 0 saturated heterocycles. The molecule has 2 aromatic rings. The molecule has 0 aliphatic heterocycles. The molecule has 0 bridgehead atoms. The Morgan fingerprint density at radius 1 is 0.920 bits per heavy atom. The van der Waals surface area contributed by atoms with Gasteiger partial charge in [-0.2, -0.15) is 0 Å². The maximum Gasteiger partial charge on any atom is 0.0789 e. The van der Waals surface area contributed by atoms with Crippen molar-refractivity contribution >= 4 is 0 Å². The molecule has 1 fully saturated rings. The smallest absolute Gasteiger partial charge is 0.0789 e. The average Bonchev–Trinajstić information content (AvgIpc) is 2.69. The van der Waals surface area contributed by atoms with Crippen LogP contribution in [0.1, 0.15) is 62.1 Å². The van der Waals surface area contributed by atoms with Gasteiger partial charge in [-0.15, -0.1) is 0 Å². The van der Waals surface area contributed by atoms with Gasteiger partial charge in [0.15, 0.2) is 0 Å². The van der Waals surface area contributed by atoms with E-state index in [4.69, 9.17) is 0 Å². The van der Waals surface area contributed by atoms with Crippen molar-refractivity contribution in [1.82, 2.24) is 4.90 Å². The van der Waals surface area contributed by atoms with Crippen LogP contribution in [-0.2, 0) is 0 Å². The Morgan fingerprint density at radius 2 is 1.44 bits per heavy atom. The zero-order valence-corrected chi connectivity index (χ0v) is 15.5. The molecule has 1 heteroatoms. The summed E-state index contributed by atoms with van der Waals surface area (Å²) in [6, 6.07) is 21.8. The average molecular weight is 334 g/mol. The number of benzene rings is 2. The van der Waals surface area contributed by atoms with Crippen molar-refractivity contribution in [2.45, 2.75) is 51.0 Å². The Hall–Kier alpha value is -2.02. The Kier molecular flexibility index (Phi) is 6.33. The molecule has 0 amide bonds. The van der Waals surface area contributed by atoms with Crippen molar-refractivity contribution < 1.29 is 0 Å². The van der Waals surface area contributed by atoms with E-state index in [1.165, 1.54) is 55.3 Å². The molecule has 0 spiro atoms. The molecule has 25 heavy (non-hydrogen) atoms. The van der Waals surface area contributed by atoms with Gasteiger partial charge in [-0.05, 0) is 29.9 Å². The number of rotatable bonds is 7. The fourth-order valence-electron chi connectivity index (χ4n) is 4.12. The molecule has 1 saturated carbocycles. The van der Waals surface area contributed by atoms with Crippen LogP contribution in [0.25, 0.3) is 0 Å². The highest BCUT2D eigenvalue weighted by Crippen LogP contribution is 2.33. The van der Waals surface area contributed by atoms with E-state index in [2.05, 4.69) is 79.2 Å². The first-order valence-electron chi connectivity index (χ1n) is 9.76. The molecule has 0 N–H and O–H groups in total. The fraction of sp³-hybridized carbons (Fsp3) is 0.417. The van der Waals surface area contributed by atoms with Gasteiger partial charge in [0.05, 0.1) is 6.04 Å². The first-order valence-corrected chi connectivity index (χ1v) is 9.76. The molecule has 0 atom stereocenters. The molecule has 0 unspecified atom stereocenters. The molecule has 3 rings (SSSR count). The van der Waals surface area contributed by atoms with Crippen LogP contribution in [0.2, 0.25) is 0 Å². The van der Waals surface area contributed by atoms with E-state index in [-0.39, 0.29) is 6.04 Å². The molecule has 0 aromatic heterocycles. The number of allylic oxidation sites excluding steroid dienone is 1. The Bertz CT molecular complexity index is 601. The third-order valence-corrected chi connectivity index (χ3v) is 5.68. The number of hydrogen-bond donors (Lipinski definition) is 0. The second kappa shape index (κ2) is 8.89. The van der Waals surface area contributed by atoms with Crippen LogP contribution in [0.15, 0.2) is 72.9 Å². The lowest BCUT2D eigenvalue weighted by molar-refractivity contribution is 0.302. The summed E-state index contributed by atoms with van der Waals surface area (Å²) in [5.74, 6) is 0.908. The van der Waals surface area contributed by atoms with Gasteiger partial charge in [0, 0.05) is 12.7 Å². The summed E-state index contributed by atoms with van der Waals surface area (Å²) in [7, 11) is 2.20. The highest BCUT2D eigenvalue weighted by molar-refractivity contribution is 5.32. The SMILES string of the molecule is C=C(CCC1CCCCC1)N(C)C(c1ccccc1)c1ccccc1. The molecule has 0 radical (unpaired) electrons. The summed E-state index contributed by atoms with van der Waals surface area (Å²) < 4.78 is 0. The van der Waals surface area contributed by atoms with E-state index in [0.717, 1.165) is 12.3 Å². The fourth-order valence-corrected chi connectivity index (χ4v) is 4.12. The van der Waals surface area contributed by atoms with Gasteiger partial charge in [-0.1, -0.05) is 99.3 Å². The van der Waals surface area contributed by atoms with Crippen molar-refractivity contribution in [2.75, 3.05) is 7.05 Å². The Morgan fingerprint density at radius 3 is 1.96 bits per heavy atom. The maximum atomic E-state index is 4.44. The minimum Gasteiger partial charge on any atom is -0.367 e. The Balaban J connectivity index is 1.72. The molecule has 132 valence electrons. The minimum absolute atomic E-state index is 0.237. The minimum atomic E-state index is 0.237. The van der Waals surface area contributed by atoms with E-state index >= 15 is 0 Å². The van der Waals surface area contributed by atoms with Crippen LogP contribution in [0.3, 0.4) is 0 Å². The van der Waals surface area contributed by atoms with E-state index < -0.39 is 0 Å². The van der Waals surface area contributed by atoms with Crippen LogP contribution in [0.5, 0.6) is 0 Å². The van der Waals surface area contributed by atoms with E-state index in [1.807, 2.05) is 0 Å². The summed E-state index contributed by atoms with van der Waals surface area (Å²) in [5, 5.41) is 0. The van der Waals surface area contributed by atoms with Gasteiger partial charge in [-0.3, -0.25) is 0 Å². The first kappa shape index (κ1) is 17.8. The largest absolute Gasteiger partial charge is 0.367 e. The van der Waals surface area contributed by atoms with Crippen LogP contribution in [-0.4, -0.2) is 11.9 Å². The maximum absolute atomic E-state index is 4.44. The lowest BCUT2D eigenvalue weighted by Crippen LogP contribution is -2.25. The van der Waals surface area contributed by atoms with E-state index in [0.29, 0.717) is 0 Å². The van der Waals surface area contributed by atoms with Crippen LogP contribution >= 0.6 is 0 Å². The van der Waals surface area contributed by atoms with Gasteiger partial charge < -0.3 is 4.90 Å². The molecule has 1 aliphatic carbocycles. The summed E-state index contributed by atoms with van der Waals surface area (Å²) in [6.07, 6.45) is 9.50. The van der Waals surface area contributed by atoms with Crippen molar-refractivity contribution in [3.8, 4) is 0 Å². The van der Waals surface area contributed by atoms with Gasteiger partial charge >= 0.3 is 0 Å². The second-order valence-electron chi connectivity index (χ2n) is 7.44. The third kappa shape index (κ3) is 4.75. The van der Waals surface area contributed by atoms with E-state index in [9.17, 15) is 0 Å². The zero-order valence-electron chi connectivity index (χ0n) is 15.5. The van der Waals surface area contributed by atoms with Crippen molar-refractivity contribution in [3.63, 3.8) is 0 Å². The highest BCUT2D eigenvalue weighted by Gasteiger charge is 2.21. The van der Waals surface area contributed by atoms with Gasteiger partial charge in [-0.25, -0.2) is 0 Å². The highest BCUT2D eigenvalue weighted by atomic mass is 15.1. The molecule has 1 nitrogen and oxygen atoms in total. The molecular formula is C24H31N. The van der Waals surface area contributed by atoms with Gasteiger partial charge in [0.2, 0.25) is 0 Å². The lowest BCUT2D eigenvalue weighted by atomic mass is 9.85. The molecule has 0 heterocycles. The summed E-state index contributed by atoms with van der Waals surface area (Å²) in [4.78, 5) is 2.38. The number of nitrogens with zero attached hydrogens (tertiary/aromatic N) is 1. The molecule has 2 aromatic carbocycles. The topological polar surface area (TPSA) is 3.24 Å².